The number of hydrogen-bond donors (Lipinski definition) is 2. The fourth-order valence-corrected chi connectivity index (χ4v) is 1.94. The smallest absolute Gasteiger partial charge is 0.148 e. The summed E-state index contributed by atoms with van der Waals surface area (Å²) in [7, 11) is 0. The van der Waals surface area contributed by atoms with E-state index in [0.717, 1.165) is 17.7 Å². The fourth-order valence-electron chi connectivity index (χ4n) is 1.94. The standard InChI is InChI=1S/C12H17NO2/c1-3-11-9-6-8(2)4-5-10(9)13-12(14)7-15-11/h4-6,11-14H,3,7H2,1-2H3. The van der Waals surface area contributed by atoms with Gasteiger partial charge in [-0.2, -0.15) is 0 Å². The minimum atomic E-state index is -0.608. The lowest BCUT2D eigenvalue weighted by Gasteiger charge is -2.15. The van der Waals surface area contributed by atoms with Crippen LogP contribution >= 0.6 is 0 Å². The molecule has 0 saturated carbocycles. The Kier molecular flexibility index (Phi) is 2.93. The molecule has 3 nitrogen and oxygen atoms in total. The van der Waals surface area contributed by atoms with Gasteiger partial charge in [-0.3, -0.25) is 0 Å². The van der Waals surface area contributed by atoms with E-state index in [1.165, 1.54) is 5.56 Å². The molecule has 1 aromatic rings. The molecule has 2 atom stereocenters. The second-order valence-corrected chi connectivity index (χ2v) is 3.98. The van der Waals surface area contributed by atoms with Crippen molar-refractivity contribution >= 4 is 5.69 Å². The van der Waals surface area contributed by atoms with Crippen LogP contribution in [0.5, 0.6) is 0 Å². The minimum Gasteiger partial charge on any atom is -0.371 e. The molecule has 0 saturated heterocycles. The molecule has 1 aromatic carbocycles. The first kappa shape index (κ1) is 10.5. The average molecular weight is 207 g/mol. The van der Waals surface area contributed by atoms with E-state index >= 15 is 0 Å². The molecule has 2 rings (SSSR count). The van der Waals surface area contributed by atoms with Crippen LogP contribution in [0, 0.1) is 6.92 Å². The van der Waals surface area contributed by atoms with Gasteiger partial charge in [0.2, 0.25) is 0 Å². The third-order valence-corrected chi connectivity index (χ3v) is 2.70. The molecule has 2 N–H and O–H groups in total. The van der Waals surface area contributed by atoms with Crippen molar-refractivity contribution in [3.63, 3.8) is 0 Å². The molecule has 2 unspecified atom stereocenters. The molecule has 1 aliphatic heterocycles. The summed E-state index contributed by atoms with van der Waals surface area (Å²) in [5.74, 6) is 0. The van der Waals surface area contributed by atoms with Gasteiger partial charge < -0.3 is 15.2 Å². The summed E-state index contributed by atoms with van der Waals surface area (Å²) in [5.41, 5.74) is 3.35. The van der Waals surface area contributed by atoms with Gasteiger partial charge in [-0.05, 0) is 19.4 Å². The average Bonchev–Trinajstić information content (AvgIpc) is 2.37. The largest absolute Gasteiger partial charge is 0.371 e. The van der Waals surface area contributed by atoms with Gasteiger partial charge in [-0.25, -0.2) is 0 Å². The molecule has 0 amide bonds. The number of aryl methyl sites for hydroxylation is 1. The second kappa shape index (κ2) is 4.21. The molecular formula is C12H17NO2. The third-order valence-electron chi connectivity index (χ3n) is 2.70. The topological polar surface area (TPSA) is 41.5 Å². The lowest BCUT2D eigenvalue weighted by molar-refractivity contribution is 0.00359. The lowest BCUT2D eigenvalue weighted by atomic mass is 10.0. The number of hydrogen-bond acceptors (Lipinski definition) is 3. The molecule has 0 radical (unpaired) electrons. The van der Waals surface area contributed by atoms with E-state index in [1.54, 1.807) is 0 Å². The molecule has 1 aliphatic rings. The Morgan fingerprint density at radius 2 is 2.33 bits per heavy atom. The van der Waals surface area contributed by atoms with Crippen molar-refractivity contribution in [1.82, 2.24) is 0 Å². The molecular weight excluding hydrogens is 190 g/mol. The van der Waals surface area contributed by atoms with Crippen LogP contribution in [0.25, 0.3) is 0 Å². The molecule has 15 heavy (non-hydrogen) atoms. The zero-order valence-electron chi connectivity index (χ0n) is 9.16. The highest BCUT2D eigenvalue weighted by atomic mass is 16.5. The van der Waals surface area contributed by atoms with Crippen LogP contribution in [0.4, 0.5) is 5.69 Å². The maximum absolute atomic E-state index is 9.58. The van der Waals surface area contributed by atoms with Crippen LogP contribution in [0.3, 0.4) is 0 Å². The lowest BCUT2D eigenvalue weighted by Crippen LogP contribution is -2.22. The number of aliphatic hydroxyl groups is 1. The summed E-state index contributed by atoms with van der Waals surface area (Å²) in [5, 5.41) is 12.6. The maximum Gasteiger partial charge on any atom is 0.148 e. The number of benzene rings is 1. The van der Waals surface area contributed by atoms with Gasteiger partial charge in [0, 0.05) is 11.3 Å². The van der Waals surface area contributed by atoms with Crippen molar-refractivity contribution in [2.45, 2.75) is 32.6 Å². The normalized spacial score (nSPS) is 25.3. The molecule has 3 heteroatoms. The highest BCUT2D eigenvalue weighted by Gasteiger charge is 2.21. The molecule has 0 spiro atoms. The van der Waals surface area contributed by atoms with Gasteiger partial charge in [-0.15, -0.1) is 0 Å². The van der Waals surface area contributed by atoms with Crippen LogP contribution in [0.2, 0.25) is 0 Å². The van der Waals surface area contributed by atoms with Gasteiger partial charge in [0.25, 0.3) is 0 Å². The summed E-state index contributed by atoms with van der Waals surface area (Å²) in [4.78, 5) is 0. The van der Waals surface area contributed by atoms with Crippen molar-refractivity contribution in [2.24, 2.45) is 0 Å². The quantitative estimate of drug-likeness (QED) is 0.741. The maximum atomic E-state index is 9.58. The van der Waals surface area contributed by atoms with Crippen LogP contribution in [-0.4, -0.2) is 17.9 Å². The van der Waals surface area contributed by atoms with E-state index in [1.807, 2.05) is 12.1 Å². The summed E-state index contributed by atoms with van der Waals surface area (Å²) in [6.45, 7) is 4.50. The first-order valence-electron chi connectivity index (χ1n) is 5.37. The monoisotopic (exact) mass is 207 g/mol. The molecule has 0 aliphatic carbocycles. The number of nitrogens with one attached hydrogen (secondary N) is 1. The van der Waals surface area contributed by atoms with Crippen molar-refractivity contribution in [1.29, 1.82) is 0 Å². The van der Waals surface area contributed by atoms with Crippen molar-refractivity contribution in [2.75, 3.05) is 11.9 Å². The number of ether oxygens (including phenoxy) is 1. The van der Waals surface area contributed by atoms with Gasteiger partial charge in [-0.1, -0.05) is 24.6 Å². The summed E-state index contributed by atoms with van der Waals surface area (Å²) in [6.07, 6.45) is 0.401. The van der Waals surface area contributed by atoms with E-state index in [-0.39, 0.29) is 6.10 Å². The molecule has 0 fully saturated rings. The van der Waals surface area contributed by atoms with Crippen molar-refractivity contribution in [3.05, 3.63) is 29.3 Å². The highest BCUT2D eigenvalue weighted by Crippen LogP contribution is 2.31. The molecule has 82 valence electrons. The zero-order valence-corrected chi connectivity index (χ0v) is 9.16. The Morgan fingerprint density at radius 3 is 3.07 bits per heavy atom. The molecule has 0 aromatic heterocycles. The summed E-state index contributed by atoms with van der Waals surface area (Å²) < 4.78 is 5.63. The van der Waals surface area contributed by atoms with Crippen molar-refractivity contribution in [3.8, 4) is 0 Å². The Morgan fingerprint density at radius 1 is 1.53 bits per heavy atom. The number of aliphatic hydroxyl groups excluding tert-OH is 1. The summed E-state index contributed by atoms with van der Waals surface area (Å²) in [6, 6.07) is 6.16. The Balaban J connectivity index is 2.41. The van der Waals surface area contributed by atoms with E-state index in [4.69, 9.17) is 4.74 Å². The zero-order chi connectivity index (χ0) is 10.8. The fraction of sp³-hybridized carbons (Fsp3) is 0.500. The Labute approximate surface area is 90.1 Å². The van der Waals surface area contributed by atoms with Crippen LogP contribution in [-0.2, 0) is 4.74 Å². The third kappa shape index (κ3) is 2.13. The second-order valence-electron chi connectivity index (χ2n) is 3.98. The number of anilines is 1. The van der Waals surface area contributed by atoms with Crippen LogP contribution < -0.4 is 5.32 Å². The Hall–Kier alpha value is -1.06. The van der Waals surface area contributed by atoms with Gasteiger partial charge in [0.15, 0.2) is 0 Å². The predicted molar refractivity (Wildman–Crippen MR) is 59.8 cm³/mol. The first-order valence-corrected chi connectivity index (χ1v) is 5.37. The highest BCUT2D eigenvalue weighted by molar-refractivity contribution is 5.54. The van der Waals surface area contributed by atoms with E-state index in [9.17, 15) is 5.11 Å². The van der Waals surface area contributed by atoms with E-state index in [2.05, 4.69) is 25.2 Å². The first-order chi connectivity index (χ1) is 7.20. The van der Waals surface area contributed by atoms with Gasteiger partial charge in [0.1, 0.15) is 6.23 Å². The van der Waals surface area contributed by atoms with Crippen LogP contribution in [0.1, 0.15) is 30.6 Å². The molecule has 1 heterocycles. The van der Waals surface area contributed by atoms with E-state index < -0.39 is 6.23 Å². The number of fused-ring (bicyclic) bond motifs is 1. The molecule has 0 bridgehead atoms. The van der Waals surface area contributed by atoms with Crippen LogP contribution in [0.15, 0.2) is 18.2 Å². The SMILES string of the molecule is CCC1OCC(O)Nc2ccc(C)cc21. The Bertz CT molecular complexity index is 351. The van der Waals surface area contributed by atoms with Gasteiger partial charge >= 0.3 is 0 Å². The summed E-state index contributed by atoms with van der Waals surface area (Å²) >= 11 is 0. The number of rotatable bonds is 1. The van der Waals surface area contributed by atoms with Crippen molar-refractivity contribution < 1.29 is 9.84 Å². The van der Waals surface area contributed by atoms with Gasteiger partial charge in [0.05, 0.1) is 12.7 Å². The van der Waals surface area contributed by atoms with E-state index in [0.29, 0.717) is 6.61 Å². The minimum absolute atomic E-state index is 0.0875. The predicted octanol–water partition coefficient (Wildman–Crippen LogP) is 2.21.